The predicted molar refractivity (Wildman–Crippen MR) is 88.6 cm³/mol. The van der Waals surface area contributed by atoms with Gasteiger partial charge in [-0.3, -0.25) is 13.8 Å². The Labute approximate surface area is 140 Å². The van der Waals surface area contributed by atoms with Gasteiger partial charge in [0, 0.05) is 12.7 Å². The number of hydrogen-bond donors (Lipinski definition) is 1. The van der Waals surface area contributed by atoms with Gasteiger partial charge < -0.3 is 5.11 Å². The number of rotatable bonds is 4. The van der Waals surface area contributed by atoms with Crippen molar-refractivity contribution in [3.05, 3.63) is 41.2 Å². The molecule has 24 heavy (non-hydrogen) atoms. The second kappa shape index (κ2) is 5.94. The fourth-order valence-electron chi connectivity index (χ4n) is 3.12. The van der Waals surface area contributed by atoms with Gasteiger partial charge in [-0.2, -0.15) is 5.10 Å². The number of carbonyl (C=O) groups is 1. The second-order valence-corrected chi connectivity index (χ2v) is 7.89. The largest absolute Gasteiger partial charge is 0.480 e. The average Bonchev–Trinajstić information content (AvgIpc) is 2.95. The Bertz CT molecular complexity index is 902. The predicted octanol–water partition coefficient (Wildman–Crippen LogP) is 1.73. The number of aromatic nitrogens is 2. The molecule has 0 spiro atoms. The van der Waals surface area contributed by atoms with Crippen molar-refractivity contribution in [3.8, 4) is 0 Å². The summed E-state index contributed by atoms with van der Waals surface area (Å²) < 4.78 is 28.5. The van der Waals surface area contributed by atoms with E-state index in [4.69, 9.17) is 5.11 Å². The van der Waals surface area contributed by atoms with Gasteiger partial charge in [-0.15, -0.1) is 0 Å². The zero-order valence-corrected chi connectivity index (χ0v) is 14.4. The van der Waals surface area contributed by atoms with Crippen molar-refractivity contribution in [2.24, 2.45) is 0 Å². The molecule has 0 saturated heterocycles. The number of nitrogens with zero attached hydrogens (tertiary/aromatic N) is 3. The summed E-state index contributed by atoms with van der Waals surface area (Å²) in [7, 11) is -3.77. The molecule has 7 nitrogen and oxygen atoms in total. The minimum absolute atomic E-state index is 0.00996. The topological polar surface area (TPSA) is 92.5 Å². The summed E-state index contributed by atoms with van der Waals surface area (Å²) in [6.45, 7) is 3.97. The van der Waals surface area contributed by atoms with Crippen LogP contribution in [0.3, 0.4) is 0 Å². The standard InChI is InChI=1S/C16H19N3O4S/c1-11-6-12(2)14-4-3-5-19(15(14)7-11)24(22,23)13-8-17-18(9-13)10-16(20)21/h6-9H,3-5,10H2,1-2H3,(H,20,21). The number of benzene rings is 1. The van der Waals surface area contributed by atoms with E-state index in [-0.39, 0.29) is 11.4 Å². The molecule has 1 aliphatic rings. The Morgan fingerprint density at radius 3 is 2.79 bits per heavy atom. The molecular weight excluding hydrogens is 330 g/mol. The molecular formula is C16H19N3O4S. The molecule has 0 amide bonds. The van der Waals surface area contributed by atoms with Crippen molar-refractivity contribution in [1.29, 1.82) is 0 Å². The van der Waals surface area contributed by atoms with Crippen LogP contribution in [0, 0.1) is 13.8 Å². The van der Waals surface area contributed by atoms with Gasteiger partial charge in [-0.05, 0) is 49.4 Å². The van der Waals surface area contributed by atoms with Crippen molar-refractivity contribution >= 4 is 21.7 Å². The molecule has 1 N–H and O–H groups in total. The smallest absolute Gasteiger partial charge is 0.325 e. The lowest BCUT2D eigenvalue weighted by molar-refractivity contribution is -0.137. The van der Waals surface area contributed by atoms with Gasteiger partial charge in [-0.1, -0.05) is 6.07 Å². The minimum Gasteiger partial charge on any atom is -0.480 e. The first-order valence-electron chi connectivity index (χ1n) is 7.66. The summed E-state index contributed by atoms with van der Waals surface area (Å²) >= 11 is 0. The molecule has 0 unspecified atom stereocenters. The third-order valence-corrected chi connectivity index (χ3v) is 5.91. The molecule has 0 aliphatic carbocycles. The van der Waals surface area contributed by atoms with Gasteiger partial charge >= 0.3 is 5.97 Å². The molecule has 3 rings (SSSR count). The highest BCUT2D eigenvalue weighted by atomic mass is 32.2. The maximum absolute atomic E-state index is 13.0. The van der Waals surface area contributed by atoms with E-state index in [0.717, 1.165) is 34.2 Å². The van der Waals surface area contributed by atoms with Crippen LogP contribution in [0.4, 0.5) is 5.69 Å². The molecule has 1 aromatic heterocycles. The Morgan fingerprint density at radius 1 is 1.33 bits per heavy atom. The van der Waals surface area contributed by atoms with Gasteiger partial charge in [0.2, 0.25) is 0 Å². The molecule has 8 heteroatoms. The molecule has 0 bridgehead atoms. The van der Waals surface area contributed by atoms with Crippen molar-refractivity contribution in [2.45, 2.75) is 38.1 Å². The average molecular weight is 349 g/mol. The summed E-state index contributed by atoms with van der Waals surface area (Å²) in [6.07, 6.45) is 4.07. The lowest BCUT2D eigenvalue weighted by Gasteiger charge is -2.31. The van der Waals surface area contributed by atoms with Crippen LogP contribution in [-0.2, 0) is 27.8 Å². The first kappa shape index (κ1) is 16.5. The van der Waals surface area contributed by atoms with Crippen molar-refractivity contribution < 1.29 is 18.3 Å². The molecule has 0 atom stereocenters. The Hall–Kier alpha value is -2.35. The van der Waals surface area contributed by atoms with Crippen LogP contribution in [0.15, 0.2) is 29.4 Å². The zero-order chi connectivity index (χ0) is 17.5. The highest BCUT2D eigenvalue weighted by Gasteiger charge is 2.31. The normalized spacial score (nSPS) is 14.5. The number of aryl methyl sites for hydroxylation is 2. The minimum atomic E-state index is -3.77. The van der Waals surface area contributed by atoms with Gasteiger partial charge in [0.1, 0.15) is 11.4 Å². The Kier molecular flexibility index (Phi) is 4.08. The first-order valence-corrected chi connectivity index (χ1v) is 9.10. The molecule has 1 aromatic carbocycles. The van der Waals surface area contributed by atoms with E-state index in [9.17, 15) is 13.2 Å². The number of hydrogen-bond acceptors (Lipinski definition) is 4. The van der Waals surface area contributed by atoms with E-state index in [2.05, 4.69) is 11.2 Å². The highest BCUT2D eigenvalue weighted by molar-refractivity contribution is 7.92. The van der Waals surface area contributed by atoms with E-state index in [1.165, 1.54) is 16.7 Å². The van der Waals surface area contributed by atoms with E-state index >= 15 is 0 Å². The highest BCUT2D eigenvalue weighted by Crippen LogP contribution is 2.34. The fourth-order valence-corrected chi connectivity index (χ4v) is 4.60. The van der Waals surface area contributed by atoms with E-state index < -0.39 is 16.0 Å². The number of sulfonamides is 1. The van der Waals surface area contributed by atoms with Crippen LogP contribution in [0.25, 0.3) is 0 Å². The summed E-state index contributed by atoms with van der Waals surface area (Å²) in [6, 6.07) is 3.94. The van der Waals surface area contributed by atoms with E-state index in [1.54, 1.807) is 0 Å². The summed E-state index contributed by atoms with van der Waals surface area (Å²) in [4.78, 5) is 10.8. The van der Waals surface area contributed by atoms with Crippen LogP contribution in [0.5, 0.6) is 0 Å². The van der Waals surface area contributed by atoms with Crippen LogP contribution in [-0.4, -0.2) is 35.8 Å². The van der Waals surface area contributed by atoms with Crippen molar-refractivity contribution in [1.82, 2.24) is 9.78 Å². The van der Waals surface area contributed by atoms with E-state index in [1.807, 2.05) is 19.9 Å². The van der Waals surface area contributed by atoms with Gasteiger partial charge in [0.15, 0.2) is 0 Å². The number of aliphatic carboxylic acids is 1. The molecule has 0 saturated carbocycles. The molecule has 128 valence electrons. The molecule has 0 fully saturated rings. The van der Waals surface area contributed by atoms with Crippen LogP contribution in [0.2, 0.25) is 0 Å². The van der Waals surface area contributed by atoms with Crippen molar-refractivity contribution in [3.63, 3.8) is 0 Å². The SMILES string of the molecule is Cc1cc(C)c2c(c1)N(S(=O)(=O)c1cnn(CC(=O)O)c1)CCC2. The number of carboxylic acids is 1. The third-order valence-electron chi connectivity index (χ3n) is 4.15. The fraction of sp³-hybridized carbons (Fsp3) is 0.375. The van der Waals surface area contributed by atoms with Crippen LogP contribution >= 0.6 is 0 Å². The molecule has 0 radical (unpaired) electrons. The number of fused-ring (bicyclic) bond motifs is 1. The zero-order valence-electron chi connectivity index (χ0n) is 13.6. The van der Waals surface area contributed by atoms with Gasteiger partial charge in [0.25, 0.3) is 10.0 Å². The third kappa shape index (κ3) is 2.89. The van der Waals surface area contributed by atoms with Crippen molar-refractivity contribution in [2.75, 3.05) is 10.8 Å². The van der Waals surface area contributed by atoms with Crippen LogP contribution in [0.1, 0.15) is 23.1 Å². The summed E-state index contributed by atoms with van der Waals surface area (Å²) in [5.41, 5.74) is 3.86. The number of carboxylic acid groups (broad SMARTS) is 1. The maximum Gasteiger partial charge on any atom is 0.325 e. The summed E-state index contributed by atoms with van der Waals surface area (Å²) in [5.74, 6) is -1.07. The maximum atomic E-state index is 13.0. The Morgan fingerprint density at radius 2 is 2.08 bits per heavy atom. The van der Waals surface area contributed by atoms with E-state index in [0.29, 0.717) is 12.2 Å². The second-order valence-electron chi connectivity index (χ2n) is 6.03. The molecule has 1 aliphatic heterocycles. The molecule has 2 aromatic rings. The monoisotopic (exact) mass is 349 g/mol. The van der Waals surface area contributed by atoms with Gasteiger partial charge in [0.05, 0.1) is 11.9 Å². The summed E-state index contributed by atoms with van der Waals surface area (Å²) in [5, 5.41) is 12.6. The first-order chi connectivity index (χ1) is 11.3. The lowest BCUT2D eigenvalue weighted by Crippen LogP contribution is -2.35. The lowest BCUT2D eigenvalue weighted by atomic mass is 9.96. The Balaban J connectivity index is 2.03. The van der Waals surface area contributed by atoms with Gasteiger partial charge in [-0.25, -0.2) is 8.42 Å². The van der Waals surface area contributed by atoms with Crippen LogP contribution < -0.4 is 4.31 Å². The number of anilines is 1. The molecule has 2 heterocycles. The quantitative estimate of drug-likeness (QED) is 0.907.